The number of aromatic nitrogens is 8. The molecule has 0 aliphatic heterocycles. The van der Waals surface area contributed by atoms with E-state index in [2.05, 4.69) is 32.0 Å². The summed E-state index contributed by atoms with van der Waals surface area (Å²) in [4.78, 5) is 33.5. The van der Waals surface area contributed by atoms with E-state index in [9.17, 15) is 31.5 Å². The Labute approximate surface area is 221 Å². The number of aryl methyl sites for hydroxylation is 2. The van der Waals surface area contributed by atoms with E-state index in [1.165, 1.54) is 4.57 Å². The van der Waals surface area contributed by atoms with E-state index >= 15 is 0 Å². The maximum Gasteiger partial charge on any atom is 0.416 e. The van der Waals surface area contributed by atoms with E-state index < -0.39 is 34.5 Å². The average Bonchev–Trinajstić information content (AvgIpc) is 3.49. The van der Waals surface area contributed by atoms with E-state index in [4.69, 9.17) is 11.6 Å². The van der Waals surface area contributed by atoms with Crippen molar-refractivity contribution >= 4 is 22.8 Å². The lowest BCUT2D eigenvalue weighted by Crippen LogP contribution is -2.40. The molecule has 0 unspecified atom stereocenters. The number of H-pyrrole nitrogens is 1. The smallest absolute Gasteiger partial charge is 0.323 e. The molecule has 0 aliphatic carbocycles. The second kappa shape index (κ2) is 10.7. The number of rotatable bonds is 10. The normalized spacial score (nSPS) is 12.4. The number of halogens is 6. The molecule has 3 heterocycles. The SMILES string of the molecule is C=CC(F)(F)c1cc(Cc2nnn(CCCn3c(=O)c4[nH]c(Cl)nc4n(CCC)c3=O)n2)cc(C(F)(F)F)c1. The third-order valence-electron chi connectivity index (χ3n) is 5.84. The first-order valence-electron chi connectivity index (χ1n) is 11.7. The van der Waals surface area contributed by atoms with Crippen LogP contribution in [0, 0.1) is 0 Å². The predicted molar refractivity (Wildman–Crippen MR) is 131 cm³/mol. The van der Waals surface area contributed by atoms with E-state index in [-0.39, 0.29) is 59.8 Å². The second-order valence-corrected chi connectivity index (χ2v) is 9.05. The number of aromatic amines is 1. The third kappa shape index (κ3) is 5.92. The van der Waals surface area contributed by atoms with Gasteiger partial charge in [-0.3, -0.25) is 13.9 Å². The van der Waals surface area contributed by atoms with Gasteiger partial charge in [0, 0.05) is 25.1 Å². The molecule has 10 nitrogen and oxygen atoms in total. The summed E-state index contributed by atoms with van der Waals surface area (Å²) in [5.41, 5.74) is -3.07. The fourth-order valence-electron chi connectivity index (χ4n) is 4.02. The number of nitrogens with one attached hydrogen (secondary N) is 1. The largest absolute Gasteiger partial charge is 0.416 e. The lowest BCUT2D eigenvalue weighted by Gasteiger charge is -2.16. The maximum atomic E-state index is 14.1. The van der Waals surface area contributed by atoms with Gasteiger partial charge in [0.2, 0.25) is 5.28 Å². The maximum absolute atomic E-state index is 14.1. The number of fused-ring (bicyclic) bond motifs is 1. The molecule has 0 aliphatic rings. The van der Waals surface area contributed by atoms with Crippen LogP contribution >= 0.6 is 11.6 Å². The molecule has 0 atom stereocenters. The van der Waals surface area contributed by atoms with Gasteiger partial charge in [0.05, 0.1) is 12.1 Å². The van der Waals surface area contributed by atoms with Gasteiger partial charge in [-0.05, 0) is 59.5 Å². The molecular formula is C23H22ClF5N8O2. The van der Waals surface area contributed by atoms with Crippen LogP contribution in [0.2, 0.25) is 5.28 Å². The van der Waals surface area contributed by atoms with Crippen LogP contribution in [0.25, 0.3) is 11.2 Å². The van der Waals surface area contributed by atoms with Crippen LogP contribution in [0.3, 0.4) is 0 Å². The Balaban J connectivity index is 1.51. The minimum absolute atomic E-state index is 0.00153. The number of tetrazole rings is 1. The van der Waals surface area contributed by atoms with Crippen molar-refractivity contribution in [1.29, 1.82) is 0 Å². The zero-order valence-electron chi connectivity index (χ0n) is 20.5. The quantitative estimate of drug-likeness (QED) is 0.175. The van der Waals surface area contributed by atoms with Gasteiger partial charge < -0.3 is 4.98 Å². The highest BCUT2D eigenvalue weighted by Gasteiger charge is 2.35. The molecule has 16 heteroatoms. The molecule has 39 heavy (non-hydrogen) atoms. The first-order valence-corrected chi connectivity index (χ1v) is 12.1. The fourth-order valence-corrected chi connectivity index (χ4v) is 4.20. The number of hydrogen-bond acceptors (Lipinski definition) is 6. The summed E-state index contributed by atoms with van der Waals surface area (Å²) in [5.74, 6) is -3.67. The summed E-state index contributed by atoms with van der Waals surface area (Å²) < 4.78 is 70.4. The lowest BCUT2D eigenvalue weighted by atomic mass is 9.99. The average molecular weight is 573 g/mol. The number of benzene rings is 1. The minimum atomic E-state index is -4.84. The van der Waals surface area contributed by atoms with Crippen molar-refractivity contribution in [3.63, 3.8) is 0 Å². The molecule has 0 fully saturated rings. The lowest BCUT2D eigenvalue weighted by molar-refractivity contribution is -0.137. The molecule has 0 radical (unpaired) electrons. The Morgan fingerprint density at radius 3 is 2.44 bits per heavy atom. The Bertz CT molecular complexity index is 1640. The monoisotopic (exact) mass is 572 g/mol. The summed E-state index contributed by atoms with van der Waals surface area (Å²) in [7, 11) is 0. The molecule has 1 aromatic carbocycles. The second-order valence-electron chi connectivity index (χ2n) is 8.69. The van der Waals surface area contributed by atoms with E-state index in [0.29, 0.717) is 19.0 Å². The summed E-state index contributed by atoms with van der Waals surface area (Å²) in [6.45, 7) is 5.28. The van der Waals surface area contributed by atoms with Crippen molar-refractivity contribution in [2.75, 3.05) is 0 Å². The van der Waals surface area contributed by atoms with E-state index in [1.54, 1.807) is 0 Å². The Kier molecular flexibility index (Phi) is 7.73. The van der Waals surface area contributed by atoms with Crippen molar-refractivity contribution in [1.82, 2.24) is 39.3 Å². The van der Waals surface area contributed by atoms with Gasteiger partial charge in [0.1, 0.15) is 0 Å². The van der Waals surface area contributed by atoms with Crippen LogP contribution in [0.1, 0.15) is 42.3 Å². The molecular weight excluding hydrogens is 551 g/mol. The van der Waals surface area contributed by atoms with Crippen LogP contribution < -0.4 is 11.2 Å². The fraction of sp³-hybridized carbons (Fsp3) is 0.391. The summed E-state index contributed by atoms with van der Waals surface area (Å²) in [6, 6.07) is 2.05. The van der Waals surface area contributed by atoms with Gasteiger partial charge in [-0.25, -0.2) is 4.79 Å². The standard InChI is InChI=1S/C23H22ClF5N8O2/c1-3-6-35-18-17(30-20(24)31-18)19(38)36(21(35)39)7-5-8-37-33-16(32-34-37)11-13-9-14(22(25,26)4-2)12-15(10-13)23(27,28)29/h4,9-10,12H,2-3,5-8,11H2,1H3,(H,30,31). The highest BCUT2D eigenvalue weighted by molar-refractivity contribution is 6.28. The first-order chi connectivity index (χ1) is 18.3. The number of allylic oxidation sites excluding steroid dienone is 1. The van der Waals surface area contributed by atoms with Gasteiger partial charge in [-0.1, -0.05) is 13.5 Å². The Morgan fingerprint density at radius 2 is 1.77 bits per heavy atom. The molecule has 1 N–H and O–H groups in total. The van der Waals surface area contributed by atoms with Crippen LogP contribution in [0.5, 0.6) is 0 Å². The first kappa shape index (κ1) is 28.1. The third-order valence-corrected chi connectivity index (χ3v) is 6.02. The molecule has 0 bridgehead atoms. The van der Waals surface area contributed by atoms with Gasteiger partial charge in [0.15, 0.2) is 17.0 Å². The molecule has 208 valence electrons. The van der Waals surface area contributed by atoms with Crippen LogP contribution in [0.4, 0.5) is 22.0 Å². The van der Waals surface area contributed by atoms with Gasteiger partial charge in [-0.2, -0.15) is 31.7 Å². The van der Waals surface area contributed by atoms with Crippen molar-refractivity contribution < 1.29 is 22.0 Å². The van der Waals surface area contributed by atoms with Gasteiger partial charge in [0.25, 0.3) is 11.5 Å². The van der Waals surface area contributed by atoms with Gasteiger partial charge >= 0.3 is 11.9 Å². The van der Waals surface area contributed by atoms with Gasteiger partial charge in [-0.15, -0.1) is 10.2 Å². The number of imidazole rings is 1. The van der Waals surface area contributed by atoms with Crippen LogP contribution in [-0.4, -0.2) is 39.3 Å². The molecule has 0 spiro atoms. The predicted octanol–water partition coefficient (Wildman–Crippen LogP) is 3.91. The Morgan fingerprint density at radius 1 is 1.05 bits per heavy atom. The molecule has 0 amide bonds. The molecule has 3 aromatic heterocycles. The zero-order valence-corrected chi connectivity index (χ0v) is 21.2. The minimum Gasteiger partial charge on any atom is -0.323 e. The summed E-state index contributed by atoms with van der Waals surface area (Å²) >= 11 is 5.89. The highest BCUT2D eigenvalue weighted by Crippen LogP contribution is 2.36. The number of nitrogens with zero attached hydrogens (tertiary/aromatic N) is 7. The van der Waals surface area contributed by atoms with E-state index in [0.717, 1.165) is 21.5 Å². The molecule has 4 rings (SSSR count). The topological polar surface area (TPSA) is 116 Å². The highest BCUT2D eigenvalue weighted by atomic mass is 35.5. The zero-order chi connectivity index (χ0) is 28.5. The summed E-state index contributed by atoms with van der Waals surface area (Å²) in [5, 5.41) is 11.7. The van der Waals surface area contributed by atoms with E-state index in [1.807, 2.05) is 6.92 Å². The van der Waals surface area contributed by atoms with Crippen LogP contribution in [-0.2, 0) is 38.2 Å². The number of alkyl halides is 5. The molecule has 0 saturated carbocycles. The van der Waals surface area contributed by atoms with Crippen molar-refractivity contribution in [2.45, 2.75) is 57.9 Å². The number of hydrogen-bond donors (Lipinski definition) is 1. The van der Waals surface area contributed by atoms with Crippen molar-refractivity contribution in [3.05, 3.63) is 79.5 Å². The summed E-state index contributed by atoms with van der Waals surface area (Å²) in [6.07, 6.45) is -4.03. The molecule has 0 saturated heterocycles. The molecule has 4 aromatic rings. The van der Waals surface area contributed by atoms with Crippen molar-refractivity contribution in [3.8, 4) is 0 Å². The van der Waals surface area contributed by atoms with Crippen molar-refractivity contribution in [2.24, 2.45) is 0 Å². The van der Waals surface area contributed by atoms with Crippen LogP contribution in [0.15, 0.2) is 40.4 Å². The Hall–Kier alpha value is -3.88.